The van der Waals surface area contributed by atoms with Gasteiger partial charge in [-0.3, -0.25) is 4.90 Å². The minimum atomic E-state index is -1.68. The molecule has 2 aliphatic heterocycles. The maximum absolute atomic E-state index is 2.80. The molecule has 5 rings (SSSR count). The summed E-state index contributed by atoms with van der Waals surface area (Å²) < 4.78 is 0. The maximum Gasteiger partial charge on any atom is 0.119 e. The van der Waals surface area contributed by atoms with Crippen LogP contribution >= 0.6 is 0 Å². The average Bonchev–Trinajstić information content (AvgIpc) is 3.27. The molecule has 2 saturated heterocycles. The van der Waals surface area contributed by atoms with Gasteiger partial charge in [0.25, 0.3) is 0 Å². The highest BCUT2D eigenvalue weighted by atomic mass is 28.3. The van der Waals surface area contributed by atoms with Crippen molar-refractivity contribution in [1.82, 2.24) is 4.90 Å². The first kappa shape index (κ1) is 19.6. The van der Waals surface area contributed by atoms with Crippen molar-refractivity contribution in [1.29, 1.82) is 0 Å². The van der Waals surface area contributed by atoms with Crippen LogP contribution in [0.5, 0.6) is 0 Å². The Morgan fingerprint density at radius 3 is 1.97 bits per heavy atom. The summed E-state index contributed by atoms with van der Waals surface area (Å²) in [7, 11) is -1.68. The summed E-state index contributed by atoms with van der Waals surface area (Å²) in [5.41, 5.74) is 2.74. The number of hydrogen-bond donors (Lipinski definition) is 0. The van der Waals surface area contributed by atoms with Crippen molar-refractivity contribution < 1.29 is 0 Å². The lowest BCUT2D eigenvalue weighted by molar-refractivity contribution is 0.198. The Balaban J connectivity index is 1.33. The van der Waals surface area contributed by atoms with Crippen LogP contribution < -0.4 is 15.3 Å². The van der Waals surface area contributed by atoms with E-state index in [0.29, 0.717) is 0 Å². The van der Waals surface area contributed by atoms with Crippen LogP contribution in [0.15, 0.2) is 84.9 Å². The fourth-order valence-corrected chi connectivity index (χ4v) is 11.0. The molecule has 30 heavy (non-hydrogen) atoms. The van der Waals surface area contributed by atoms with E-state index >= 15 is 0 Å². The summed E-state index contributed by atoms with van der Waals surface area (Å²) in [5, 5.41) is 3.24. The number of piperazine rings is 1. The van der Waals surface area contributed by atoms with Crippen molar-refractivity contribution >= 4 is 24.1 Å². The van der Waals surface area contributed by atoms with Crippen molar-refractivity contribution in [3.63, 3.8) is 0 Å². The van der Waals surface area contributed by atoms with Gasteiger partial charge >= 0.3 is 0 Å². The van der Waals surface area contributed by atoms with Crippen LogP contribution in [0.3, 0.4) is 0 Å². The molecular weight excluding hydrogens is 380 g/mol. The van der Waals surface area contributed by atoms with Crippen molar-refractivity contribution in [3.05, 3.63) is 90.5 Å². The van der Waals surface area contributed by atoms with Crippen molar-refractivity contribution in [2.24, 2.45) is 0 Å². The normalized spacial score (nSPS) is 21.6. The summed E-state index contributed by atoms with van der Waals surface area (Å²) in [4.78, 5) is 5.37. The van der Waals surface area contributed by atoms with Gasteiger partial charge in [-0.15, -0.1) is 0 Å². The zero-order valence-electron chi connectivity index (χ0n) is 18.0. The molecule has 2 aliphatic rings. The van der Waals surface area contributed by atoms with E-state index in [1.807, 2.05) is 0 Å². The second-order valence-electron chi connectivity index (χ2n) is 9.07. The van der Waals surface area contributed by atoms with Gasteiger partial charge in [-0.2, -0.15) is 0 Å². The van der Waals surface area contributed by atoms with Gasteiger partial charge in [-0.05, 0) is 43.1 Å². The van der Waals surface area contributed by atoms with Gasteiger partial charge in [-0.1, -0.05) is 83.2 Å². The molecular formula is C27H32N2Si. The van der Waals surface area contributed by atoms with Crippen LogP contribution in [-0.4, -0.2) is 45.2 Å². The summed E-state index contributed by atoms with van der Waals surface area (Å²) in [6, 6.07) is 35.3. The Hall–Kier alpha value is -2.36. The van der Waals surface area contributed by atoms with Crippen molar-refractivity contribution in [2.75, 3.05) is 31.1 Å². The fraction of sp³-hybridized carbons (Fsp3) is 0.333. The van der Waals surface area contributed by atoms with E-state index in [1.54, 1.807) is 10.4 Å². The lowest BCUT2D eigenvalue weighted by Crippen LogP contribution is -2.57. The largest absolute Gasteiger partial charge is 0.369 e. The van der Waals surface area contributed by atoms with Crippen molar-refractivity contribution in [2.45, 2.75) is 31.5 Å². The Labute approximate surface area is 182 Å². The third kappa shape index (κ3) is 3.72. The highest BCUT2D eigenvalue weighted by Gasteiger charge is 2.46. The molecule has 3 aromatic carbocycles. The molecule has 0 radical (unpaired) electrons. The van der Waals surface area contributed by atoms with E-state index < -0.39 is 8.07 Å². The smallest absolute Gasteiger partial charge is 0.119 e. The Kier molecular flexibility index (Phi) is 5.49. The third-order valence-electron chi connectivity index (χ3n) is 7.34. The number of aryl methyl sites for hydroxylation is 1. The number of hydrogen-bond acceptors (Lipinski definition) is 2. The molecule has 2 heterocycles. The number of benzene rings is 3. The van der Waals surface area contributed by atoms with Crippen LogP contribution in [0.25, 0.3) is 0 Å². The summed E-state index contributed by atoms with van der Waals surface area (Å²) >= 11 is 0. The molecule has 0 aliphatic carbocycles. The van der Waals surface area contributed by atoms with E-state index in [9.17, 15) is 0 Å². The molecule has 0 aromatic heterocycles. The Morgan fingerprint density at radius 1 is 0.733 bits per heavy atom. The first-order valence-corrected chi connectivity index (χ1v) is 13.8. The van der Waals surface area contributed by atoms with Gasteiger partial charge in [0.15, 0.2) is 0 Å². The lowest BCUT2D eigenvalue weighted by atomic mass is 10.1. The summed E-state index contributed by atoms with van der Waals surface area (Å²) in [5.74, 6) is 0. The van der Waals surface area contributed by atoms with Crippen LogP contribution in [0, 0.1) is 6.92 Å². The molecule has 2 fully saturated rings. The van der Waals surface area contributed by atoms with Crippen LogP contribution in [0.1, 0.15) is 12.0 Å². The van der Waals surface area contributed by atoms with E-state index in [0.717, 1.165) is 19.1 Å². The fourth-order valence-electron chi connectivity index (χ4n) is 5.71. The highest BCUT2D eigenvalue weighted by Crippen LogP contribution is 2.34. The predicted octanol–water partition coefficient (Wildman–Crippen LogP) is 4.15. The maximum atomic E-state index is 2.80. The predicted molar refractivity (Wildman–Crippen MR) is 131 cm³/mol. The highest BCUT2D eigenvalue weighted by molar-refractivity contribution is 7.02. The van der Waals surface area contributed by atoms with Crippen LogP contribution in [0.2, 0.25) is 12.1 Å². The topological polar surface area (TPSA) is 6.48 Å². The third-order valence-corrected chi connectivity index (χ3v) is 12.5. The summed E-state index contributed by atoms with van der Waals surface area (Å²) in [6.45, 7) is 6.85. The van der Waals surface area contributed by atoms with Gasteiger partial charge in [0, 0.05) is 37.9 Å². The molecule has 0 bridgehead atoms. The van der Waals surface area contributed by atoms with E-state index in [2.05, 4.69) is 102 Å². The lowest BCUT2D eigenvalue weighted by Gasteiger charge is -2.40. The summed E-state index contributed by atoms with van der Waals surface area (Å²) in [6.07, 6.45) is 1.35. The molecule has 0 saturated carbocycles. The average molecular weight is 413 g/mol. The zero-order valence-corrected chi connectivity index (χ0v) is 19.0. The number of anilines is 1. The SMILES string of the molecule is Cc1cccc(N2CCN(C3CC[Si](c4ccccc4)(c4ccccc4)C3)CC2)c1. The minimum Gasteiger partial charge on any atom is -0.369 e. The molecule has 2 nitrogen and oxygen atoms in total. The van der Waals surface area contributed by atoms with Gasteiger partial charge < -0.3 is 4.90 Å². The van der Waals surface area contributed by atoms with Crippen LogP contribution in [-0.2, 0) is 0 Å². The quantitative estimate of drug-likeness (QED) is 0.594. The molecule has 0 spiro atoms. The Morgan fingerprint density at radius 2 is 1.37 bits per heavy atom. The number of rotatable bonds is 4. The molecule has 3 aromatic rings. The number of nitrogens with zero attached hydrogens (tertiary/aromatic N) is 2. The Bertz CT molecular complexity index is 925. The monoisotopic (exact) mass is 412 g/mol. The second-order valence-corrected chi connectivity index (χ2v) is 13.3. The first-order chi connectivity index (χ1) is 14.7. The molecule has 0 N–H and O–H groups in total. The zero-order chi connectivity index (χ0) is 20.4. The molecule has 154 valence electrons. The molecule has 1 atom stereocenters. The van der Waals surface area contributed by atoms with Crippen LogP contribution in [0.4, 0.5) is 5.69 Å². The van der Waals surface area contributed by atoms with E-state index in [4.69, 9.17) is 0 Å². The second kappa shape index (κ2) is 8.41. The minimum absolute atomic E-state index is 0.733. The first-order valence-electron chi connectivity index (χ1n) is 11.4. The molecule has 3 heteroatoms. The van der Waals surface area contributed by atoms with E-state index in [1.165, 1.54) is 42.8 Å². The van der Waals surface area contributed by atoms with Crippen molar-refractivity contribution in [3.8, 4) is 0 Å². The molecule has 1 unspecified atom stereocenters. The van der Waals surface area contributed by atoms with E-state index in [-0.39, 0.29) is 0 Å². The van der Waals surface area contributed by atoms with Gasteiger partial charge in [0.1, 0.15) is 8.07 Å². The molecule has 0 amide bonds. The van der Waals surface area contributed by atoms with Gasteiger partial charge in [0.05, 0.1) is 0 Å². The van der Waals surface area contributed by atoms with Gasteiger partial charge in [0.2, 0.25) is 0 Å². The van der Waals surface area contributed by atoms with Gasteiger partial charge in [-0.25, -0.2) is 0 Å². The standard InChI is InChI=1S/C27H32N2Si/c1-23-9-8-10-24(21-23)28-16-18-29(19-17-28)25-15-20-30(22-25,26-11-4-2-5-12-26)27-13-6-3-7-14-27/h2-14,21,25H,15-20,22H2,1H3.